The molecule has 1 N–H and O–H groups in total. The van der Waals surface area contributed by atoms with Crippen molar-refractivity contribution in [3.63, 3.8) is 0 Å². The summed E-state index contributed by atoms with van der Waals surface area (Å²) in [6, 6.07) is 0. The summed E-state index contributed by atoms with van der Waals surface area (Å²) >= 11 is 0. The van der Waals surface area contributed by atoms with Gasteiger partial charge in [0.15, 0.2) is 0 Å². The highest BCUT2D eigenvalue weighted by Crippen LogP contribution is 2.23. The number of carbonyl (C=O) groups is 1. The molecular formula is C10H19NO2. The van der Waals surface area contributed by atoms with E-state index in [1.807, 2.05) is 20.8 Å². The molecule has 0 bridgehead atoms. The summed E-state index contributed by atoms with van der Waals surface area (Å²) in [5, 5.41) is 3.10. The van der Waals surface area contributed by atoms with Crippen LogP contribution in [0, 0.1) is 0 Å². The molecule has 1 aliphatic rings. The Balaban J connectivity index is 2.35. The lowest BCUT2D eigenvalue weighted by Crippen LogP contribution is -2.49. The fraction of sp³-hybridized carbons (Fsp3) is 0.900. The van der Waals surface area contributed by atoms with Crippen molar-refractivity contribution in [1.29, 1.82) is 0 Å². The molecule has 0 heterocycles. The zero-order valence-corrected chi connectivity index (χ0v) is 8.72. The van der Waals surface area contributed by atoms with Gasteiger partial charge in [-0.1, -0.05) is 6.92 Å². The molecule has 3 nitrogen and oxygen atoms in total. The highest BCUT2D eigenvalue weighted by Gasteiger charge is 2.32. The highest BCUT2D eigenvalue weighted by molar-refractivity contribution is 5.80. The van der Waals surface area contributed by atoms with E-state index in [1.54, 1.807) is 0 Å². The number of nitrogens with one attached hydrogen (secondary N) is 1. The van der Waals surface area contributed by atoms with Gasteiger partial charge in [0, 0.05) is 0 Å². The first-order valence-electron chi connectivity index (χ1n) is 5.02. The van der Waals surface area contributed by atoms with Crippen molar-refractivity contribution in [3.05, 3.63) is 0 Å². The first kappa shape index (κ1) is 10.5. The van der Waals surface area contributed by atoms with Gasteiger partial charge in [-0.25, -0.2) is 0 Å². The minimum absolute atomic E-state index is 0.126. The van der Waals surface area contributed by atoms with Gasteiger partial charge in [0.25, 0.3) is 0 Å². The number of likely N-dealkylation sites (N-methyl/N-ethyl adjacent to an activating group) is 1. The molecule has 3 heteroatoms. The molecule has 0 unspecified atom stereocenters. The zero-order valence-electron chi connectivity index (χ0n) is 8.72. The lowest BCUT2D eigenvalue weighted by molar-refractivity contribution is -0.159. The lowest BCUT2D eigenvalue weighted by Gasteiger charge is -2.30. The van der Waals surface area contributed by atoms with Crippen molar-refractivity contribution >= 4 is 5.97 Å². The maximum atomic E-state index is 11.6. The van der Waals surface area contributed by atoms with Gasteiger partial charge in [-0.05, 0) is 39.7 Å². The van der Waals surface area contributed by atoms with E-state index in [4.69, 9.17) is 4.74 Å². The third-order valence-corrected chi connectivity index (χ3v) is 2.45. The van der Waals surface area contributed by atoms with E-state index in [2.05, 4.69) is 5.32 Å². The molecule has 0 aliphatic heterocycles. The van der Waals surface area contributed by atoms with Crippen LogP contribution in [0.5, 0.6) is 0 Å². The Morgan fingerprint density at radius 3 is 2.54 bits per heavy atom. The van der Waals surface area contributed by atoms with E-state index in [0.717, 1.165) is 19.4 Å². The van der Waals surface area contributed by atoms with Gasteiger partial charge in [0.05, 0.1) is 0 Å². The summed E-state index contributed by atoms with van der Waals surface area (Å²) in [5.74, 6) is -0.126. The topological polar surface area (TPSA) is 38.3 Å². The molecule has 0 atom stereocenters. The SMILES string of the molecule is CCNC(C)(C)C(=O)OC1CCC1. The second kappa shape index (κ2) is 4.09. The number of hydrogen-bond acceptors (Lipinski definition) is 3. The quantitative estimate of drug-likeness (QED) is 0.674. The second-order valence-electron chi connectivity index (χ2n) is 4.11. The highest BCUT2D eigenvalue weighted by atomic mass is 16.5. The first-order valence-corrected chi connectivity index (χ1v) is 5.02. The van der Waals surface area contributed by atoms with Gasteiger partial charge in [0.1, 0.15) is 11.6 Å². The van der Waals surface area contributed by atoms with Crippen LogP contribution in [-0.4, -0.2) is 24.2 Å². The third kappa shape index (κ3) is 2.69. The molecule has 0 spiro atoms. The normalized spacial score (nSPS) is 18.1. The summed E-state index contributed by atoms with van der Waals surface area (Å²) in [4.78, 5) is 11.6. The molecule has 0 saturated heterocycles. The molecule has 0 aromatic carbocycles. The van der Waals surface area contributed by atoms with Gasteiger partial charge in [0.2, 0.25) is 0 Å². The van der Waals surface area contributed by atoms with E-state index >= 15 is 0 Å². The summed E-state index contributed by atoms with van der Waals surface area (Å²) in [7, 11) is 0. The van der Waals surface area contributed by atoms with Gasteiger partial charge in [-0.15, -0.1) is 0 Å². The van der Waals surface area contributed by atoms with Crippen LogP contribution >= 0.6 is 0 Å². The standard InChI is InChI=1S/C10H19NO2/c1-4-11-10(2,3)9(12)13-8-6-5-7-8/h8,11H,4-7H2,1-3H3. The van der Waals surface area contributed by atoms with Crippen molar-refractivity contribution in [2.24, 2.45) is 0 Å². The predicted molar refractivity (Wildman–Crippen MR) is 51.5 cm³/mol. The van der Waals surface area contributed by atoms with Crippen molar-refractivity contribution in [2.75, 3.05) is 6.54 Å². The zero-order chi connectivity index (χ0) is 9.90. The Hall–Kier alpha value is -0.570. The molecule has 0 aromatic heterocycles. The molecule has 1 rings (SSSR count). The van der Waals surface area contributed by atoms with Crippen molar-refractivity contribution in [1.82, 2.24) is 5.32 Å². The smallest absolute Gasteiger partial charge is 0.326 e. The minimum atomic E-state index is -0.537. The molecule has 0 radical (unpaired) electrons. The van der Waals surface area contributed by atoms with Crippen LogP contribution in [0.1, 0.15) is 40.0 Å². The molecule has 1 saturated carbocycles. The van der Waals surface area contributed by atoms with Crippen LogP contribution < -0.4 is 5.32 Å². The molecule has 13 heavy (non-hydrogen) atoms. The molecular weight excluding hydrogens is 166 g/mol. The largest absolute Gasteiger partial charge is 0.461 e. The summed E-state index contributed by atoms with van der Waals surface area (Å²) in [6.45, 7) is 6.49. The Bertz CT molecular complexity index is 185. The summed E-state index contributed by atoms with van der Waals surface area (Å²) in [6.07, 6.45) is 3.45. The van der Waals surface area contributed by atoms with Gasteiger partial charge >= 0.3 is 5.97 Å². The number of hydrogen-bond donors (Lipinski definition) is 1. The maximum Gasteiger partial charge on any atom is 0.326 e. The van der Waals surface area contributed by atoms with E-state index < -0.39 is 5.54 Å². The molecule has 76 valence electrons. The second-order valence-corrected chi connectivity index (χ2v) is 4.11. The Labute approximate surface area is 79.8 Å². The number of esters is 1. The van der Waals surface area contributed by atoms with E-state index in [9.17, 15) is 4.79 Å². The summed E-state index contributed by atoms with van der Waals surface area (Å²) < 4.78 is 5.30. The van der Waals surface area contributed by atoms with Crippen molar-refractivity contribution in [3.8, 4) is 0 Å². The number of ether oxygens (including phenoxy) is 1. The van der Waals surface area contributed by atoms with Crippen molar-refractivity contribution in [2.45, 2.75) is 51.7 Å². The van der Waals surface area contributed by atoms with E-state index in [0.29, 0.717) is 0 Å². The number of rotatable bonds is 4. The van der Waals surface area contributed by atoms with Crippen LogP contribution in [0.2, 0.25) is 0 Å². The Kier molecular flexibility index (Phi) is 3.31. The van der Waals surface area contributed by atoms with Gasteiger partial charge in [-0.2, -0.15) is 0 Å². The molecule has 1 fully saturated rings. The first-order chi connectivity index (χ1) is 6.06. The van der Waals surface area contributed by atoms with Crippen LogP contribution in [0.3, 0.4) is 0 Å². The van der Waals surface area contributed by atoms with Gasteiger partial charge in [-0.3, -0.25) is 4.79 Å². The van der Waals surface area contributed by atoms with Crippen molar-refractivity contribution < 1.29 is 9.53 Å². The summed E-state index contributed by atoms with van der Waals surface area (Å²) in [5.41, 5.74) is -0.537. The van der Waals surface area contributed by atoms with Crippen LogP contribution in [0.4, 0.5) is 0 Å². The minimum Gasteiger partial charge on any atom is -0.461 e. The average Bonchev–Trinajstić information content (AvgIpc) is 1.96. The lowest BCUT2D eigenvalue weighted by atomic mass is 9.95. The predicted octanol–water partition coefficient (Wildman–Crippen LogP) is 1.47. The molecule has 0 aromatic rings. The van der Waals surface area contributed by atoms with Gasteiger partial charge < -0.3 is 10.1 Å². The average molecular weight is 185 g/mol. The van der Waals surface area contributed by atoms with Crippen LogP contribution in [-0.2, 0) is 9.53 Å². The van der Waals surface area contributed by atoms with Crippen LogP contribution in [0.25, 0.3) is 0 Å². The van der Waals surface area contributed by atoms with E-state index in [-0.39, 0.29) is 12.1 Å². The van der Waals surface area contributed by atoms with Crippen LogP contribution in [0.15, 0.2) is 0 Å². The Morgan fingerprint density at radius 2 is 2.15 bits per heavy atom. The van der Waals surface area contributed by atoms with E-state index in [1.165, 1.54) is 6.42 Å². The molecule has 1 aliphatic carbocycles. The fourth-order valence-corrected chi connectivity index (χ4v) is 1.30. The molecule has 0 amide bonds. The fourth-order valence-electron chi connectivity index (χ4n) is 1.30. The monoisotopic (exact) mass is 185 g/mol. The third-order valence-electron chi connectivity index (χ3n) is 2.45. The Morgan fingerprint density at radius 1 is 1.54 bits per heavy atom. The maximum absolute atomic E-state index is 11.6. The number of carbonyl (C=O) groups excluding carboxylic acids is 1.